The Hall–Kier alpha value is -1.90. The Balaban J connectivity index is 2.44. The standard InChI is InChI=1S/C13H14N2O/c1-9(2)10-4-3-5-11(8-10)12-6-7-13(16)15-14-12/h3-9H,1-2H3,(H,15,16). The van der Waals surface area contributed by atoms with Crippen molar-refractivity contribution in [3.05, 3.63) is 52.3 Å². The van der Waals surface area contributed by atoms with Gasteiger partial charge in [-0.1, -0.05) is 32.0 Å². The van der Waals surface area contributed by atoms with Crippen LogP contribution >= 0.6 is 0 Å². The van der Waals surface area contributed by atoms with E-state index in [1.807, 2.05) is 12.1 Å². The normalized spacial score (nSPS) is 10.7. The van der Waals surface area contributed by atoms with Gasteiger partial charge in [-0.25, -0.2) is 5.10 Å². The molecule has 2 aromatic rings. The Kier molecular flexibility index (Phi) is 2.86. The molecule has 2 rings (SSSR count). The van der Waals surface area contributed by atoms with Crippen LogP contribution in [-0.2, 0) is 0 Å². The van der Waals surface area contributed by atoms with Crippen LogP contribution in [0, 0.1) is 0 Å². The summed E-state index contributed by atoms with van der Waals surface area (Å²) >= 11 is 0. The van der Waals surface area contributed by atoms with Crippen LogP contribution in [0.5, 0.6) is 0 Å². The first kappa shape index (κ1) is 10.6. The third-order valence-electron chi connectivity index (χ3n) is 2.53. The molecule has 0 radical (unpaired) electrons. The van der Waals surface area contributed by atoms with Crippen molar-refractivity contribution in [3.8, 4) is 11.3 Å². The summed E-state index contributed by atoms with van der Waals surface area (Å²) in [4.78, 5) is 10.9. The van der Waals surface area contributed by atoms with Crippen LogP contribution < -0.4 is 5.56 Å². The van der Waals surface area contributed by atoms with E-state index in [-0.39, 0.29) is 5.56 Å². The highest BCUT2D eigenvalue weighted by atomic mass is 16.1. The third kappa shape index (κ3) is 2.19. The quantitative estimate of drug-likeness (QED) is 0.835. The van der Waals surface area contributed by atoms with Crippen LogP contribution in [0.4, 0.5) is 0 Å². The Morgan fingerprint density at radius 3 is 2.62 bits per heavy atom. The predicted molar refractivity (Wildman–Crippen MR) is 64.4 cm³/mol. The molecule has 0 atom stereocenters. The van der Waals surface area contributed by atoms with E-state index < -0.39 is 0 Å². The Morgan fingerprint density at radius 1 is 1.19 bits per heavy atom. The zero-order valence-electron chi connectivity index (χ0n) is 9.40. The van der Waals surface area contributed by atoms with E-state index >= 15 is 0 Å². The lowest BCUT2D eigenvalue weighted by molar-refractivity contribution is 0.866. The van der Waals surface area contributed by atoms with Gasteiger partial charge in [-0.2, -0.15) is 5.10 Å². The van der Waals surface area contributed by atoms with Gasteiger partial charge in [0.15, 0.2) is 0 Å². The first-order chi connectivity index (χ1) is 7.66. The first-order valence-electron chi connectivity index (χ1n) is 5.33. The number of rotatable bonds is 2. The largest absolute Gasteiger partial charge is 0.268 e. The van der Waals surface area contributed by atoms with Crippen LogP contribution in [0.2, 0.25) is 0 Å². The molecule has 0 aliphatic heterocycles. The van der Waals surface area contributed by atoms with Crippen LogP contribution in [0.3, 0.4) is 0 Å². The smallest absolute Gasteiger partial charge is 0.264 e. The Morgan fingerprint density at radius 2 is 2.00 bits per heavy atom. The minimum absolute atomic E-state index is 0.177. The van der Waals surface area contributed by atoms with Gasteiger partial charge >= 0.3 is 0 Å². The highest BCUT2D eigenvalue weighted by Crippen LogP contribution is 2.21. The lowest BCUT2D eigenvalue weighted by Gasteiger charge is -2.07. The van der Waals surface area contributed by atoms with Crippen molar-refractivity contribution in [1.82, 2.24) is 10.2 Å². The average Bonchev–Trinajstić information content (AvgIpc) is 2.30. The molecule has 3 heteroatoms. The molecule has 3 nitrogen and oxygen atoms in total. The van der Waals surface area contributed by atoms with E-state index in [2.05, 4.69) is 36.2 Å². The Labute approximate surface area is 94.2 Å². The van der Waals surface area contributed by atoms with E-state index in [0.717, 1.165) is 11.3 Å². The van der Waals surface area contributed by atoms with Gasteiger partial charge in [0.1, 0.15) is 0 Å². The predicted octanol–water partition coefficient (Wildman–Crippen LogP) is 2.56. The molecule has 0 spiro atoms. The van der Waals surface area contributed by atoms with Gasteiger partial charge in [0, 0.05) is 11.6 Å². The van der Waals surface area contributed by atoms with Crippen molar-refractivity contribution in [3.63, 3.8) is 0 Å². The summed E-state index contributed by atoms with van der Waals surface area (Å²) in [5, 5.41) is 6.45. The molecule has 0 saturated carbocycles. The van der Waals surface area contributed by atoms with Crippen molar-refractivity contribution in [2.45, 2.75) is 19.8 Å². The molecule has 0 unspecified atom stereocenters. The van der Waals surface area contributed by atoms with Gasteiger partial charge in [-0.15, -0.1) is 0 Å². The van der Waals surface area contributed by atoms with Crippen LogP contribution in [0.15, 0.2) is 41.2 Å². The lowest BCUT2D eigenvalue weighted by Crippen LogP contribution is -2.05. The first-order valence-corrected chi connectivity index (χ1v) is 5.33. The highest BCUT2D eigenvalue weighted by Gasteiger charge is 2.03. The van der Waals surface area contributed by atoms with Crippen molar-refractivity contribution >= 4 is 0 Å². The SMILES string of the molecule is CC(C)c1cccc(-c2ccc(=O)[nH]n2)c1. The number of aromatic nitrogens is 2. The van der Waals surface area contributed by atoms with Gasteiger partial charge in [0.25, 0.3) is 5.56 Å². The molecule has 82 valence electrons. The number of H-pyrrole nitrogens is 1. The molecule has 1 heterocycles. The summed E-state index contributed by atoms with van der Waals surface area (Å²) in [5.41, 5.74) is 2.92. The fourth-order valence-corrected chi connectivity index (χ4v) is 1.56. The van der Waals surface area contributed by atoms with Gasteiger partial charge in [0.05, 0.1) is 5.69 Å². The molecule has 0 aliphatic carbocycles. The fraction of sp³-hybridized carbons (Fsp3) is 0.231. The topological polar surface area (TPSA) is 45.8 Å². The van der Waals surface area contributed by atoms with Crippen molar-refractivity contribution in [2.75, 3.05) is 0 Å². The van der Waals surface area contributed by atoms with E-state index in [1.165, 1.54) is 11.6 Å². The summed E-state index contributed by atoms with van der Waals surface area (Å²) in [6.07, 6.45) is 0. The summed E-state index contributed by atoms with van der Waals surface area (Å²) < 4.78 is 0. The average molecular weight is 214 g/mol. The highest BCUT2D eigenvalue weighted by molar-refractivity contribution is 5.59. The molecule has 1 N–H and O–H groups in total. The van der Waals surface area contributed by atoms with Gasteiger partial charge < -0.3 is 0 Å². The van der Waals surface area contributed by atoms with Crippen LogP contribution in [-0.4, -0.2) is 10.2 Å². The summed E-state index contributed by atoms with van der Waals surface area (Å²) in [6.45, 7) is 4.30. The third-order valence-corrected chi connectivity index (χ3v) is 2.53. The molecule has 0 amide bonds. The van der Waals surface area contributed by atoms with E-state index in [0.29, 0.717) is 5.92 Å². The van der Waals surface area contributed by atoms with Gasteiger partial charge in [-0.05, 0) is 23.6 Å². The van der Waals surface area contributed by atoms with E-state index in [4.69, 9.17) is 0 Å². The zero-order valence-corrected chi connectivity index (χ0v) is 9.40. The maximum atomic E-state index is 10.9. The fourth-order valence-electron chi connectivity index (χ4n) is 1.56. The minimum atomic E-state index is -0.177. The van der Waals surface area contributed by atoms with Crippen molar-refractivity contribution in [1.29, 1.82) is 0 Å². The zero-order chi connectivity index (χ0) is 11.5. The number of aromatic amines is 1. The molecular weight excluding hydrogens is 200 g/mol. The lowest BCUT2D eigenvalue weighted by atomic mass is 10.00. The number of nitrogens with one attached hydrogen (secondary N) is 1. The van der Waals surface area contributed by atoms with Crippen molar-refractivity contribution in [2.24, 2.45) is 0 Å². The molecule has 16 heavy (non-hydrogen) atoms. The second-order valence-corrected chi connectivity index (χ2v) is 4.09. The molecular formula is C13H14N2O. The van der Waals surface area contributed by atoms with Gasteiger partial charge in [0.2, 0.25) is 0 Å². The number of nitrogens with zero attached hydrogens (tertiary/aromatic N) is 1. The van der Waals surface area contributed by atoms with Crippen molar-refractivity contribution < 1.29 is 0 Å². The summed E-state index contributed by atoms with van der Waals surface area (Å²) in [6, 6.07) is 11.4. The molecule has 0 aliphatic rings. The minimum Gasteiger partial charge on any atom is -0.268 e. The number of hydrogen-bond acceptors (Lipinski definition) is 2. The maximum absolute atomic E-state index is 10.9. The Bertz CT molecular complexity index is 523. The van der Waals surface area contributed by atoms with E-state index in [9.17, 15) is 4.79 Å². The van der Waals surface area contributed by atoms with Crippen LogP contribution in [0.25, 0.3) is 11.3 Å². The van der Waals surface area contributed by atoms with Gasteiger partial charge in [-0.3, -0.25) is 4.79 Å². The molecule has 0 bridgehead atoms. The second-order valence-electron chi connectivity index (χ2n) is 4.09. The second kappa shape index (κ2) is 4.31. The monoisotopic (exact) mass is 214 g/mol. The summed E-state index contributed by atoms with van der Waals surface area (Å²) in [5.74, 6) is 0.489. The maximum Gasteiger partial charge on any atom is 0.264 e. The molecule has 1 aromatic heterocycles. The van der Waals surface area contributed by atoms with Crippen LogP contribution in [0.1, 0.15) is 25.3 Å². The number of hydrogen-bond donors (Lipinski definition) is 1. The summed E-state index contributed by atoms with van der Waals surface area (Å²) in [7, 11) is 0. The molecule has 1 aromatic carbocycles. The number of benzene rings is 1. The molecule has 0 fully saturated rings. The van der Waals surface area contributed by atoms with E-state index in [1.54, 1.807) is 6.07 Å². The molecule has 0 saturated heterocycles.